The van der Waals surface area contributed by atoms with Gasteiger partial charge in [0, 0.05) is 35.8 Å². The molecule has 1 saturated carbocycles. The Morgan fingerprint density at radius 3 is 2.62 bits per heavy atom. The van der Waals surface area contributed by atoms with Crippen molar-refractivity contribution in [2.24, 2.45) is 0 Å². The third-order valence-electron chi connectivity index (χ3n) is 4.65. The molecule has 3 rings (SSSR count). The van der Waals surface area contributed by atoms with Crippen molar-refractivity contribution >= 4 is 0 Å². The van der Waals surface area contributed by atoms with Crippen LogP contribution in [-0.4, -0.2) is 15.8 Å². The Labute approximate surface area is 127 Å². The molecule has 1 fully saturated rings. The number of benzene rings is 1. The van der Waals surface area contributed by atoms with E-state index in [1.54, 1.807) is 0 Å². The fourth-order valence-electron chi connectivity index (χ4n) is 3.50. The highest BCUT2D eigenvalue weighted by Crippen LogP contribution is 2.42. The normalized spacial score (nSPS) is 22.3. The summed E-state index contributed by atoms with van der Waals surface area (Å²) in [6, 6.07) is 11.8. The molecule has 1 aliphatic carbocycles. The second-order valence-electron chi connectivity index (χ2n) is 6.15. The summed E-state index contributed by atoms with van der Waals surface area (Å²) in [6.45, 7) is 9.65. The zero-order valence-corrected chi connectivity index (χ0v) is 13.4. The summed E-state index contributed by atoms with van der Waals surface area (Å²) in [5.74, 6) is 0.676. The lowest BCUT2D eigenvalue weighted by molar-refractivity contribution is 0.555. The van der Waals surface area contributed by atoms with Crippen LogP contribution in [0.25, 0.3) is 0 Å². The monoisotopic (exact) mass is 283 g/mol. The minimum atomic E-state index is 0.365. The van der Waals surface area contributed by atoms with Gasteiger partial charge in [0.25, 0.3) is 0 Å². The van der Waals surface area contributed by atoms with Gasteiger partial charge in [-0.1, -0.05) is 30.3 Å². The number of nitrogens with zero attached hydrogens (tertiary/aromatic N) is 2. The van der Waals surface area contributed by atoms with E-state index in [4.69, 9.17) is 0 Å². The second-order valence-corrected chi connectivity index (χ2v) is 6.15. The smallest absolute Gasteiger partial charge is 0.0644 e. The molecule has 0 aliphatic heterocycles. The van der Waals surface area contributed by atoms with Gasteiger partial charge >= 0.3 is 0 Å². The number of nitrogens with one attached hydrogen (secondary N) is 1. The summed E-state index contributed by atoms with van der Waals surface area (Å²) in [6.07, 6.45) is 1.24. The Morgan fingerprint density at radius 1 is 1.29 bits per heavy atom. The van der Waals surface area contributed by atoms with Crippen molar-refractivity contribution in [1.29, 1.82) is 0 Å². The number of aryl methyl sites for hydroxylation is 2. The van der Waals surface area contributed by atoms with Crippen LogP contribution in [0.1, 0.15) is 54.7 Å². The van der Waals surface area contributed by atoms with E-state index in [0.29, 0.717) is 18.0 Å². The van der Waals surface area contributed by atoms with E-state index in [-0.39, 0.29) is 0 Å². The zero-order chi connectivity index (χ0) is 15.0. The highest BCUT2D eigenvalue weighted by molar-refractivity contribution is 5.31. The minimum Gasteiger partial charge on any atom is -0.307 e. The third-order valence-corrected chi connectivity index (χ3v) is 4.65. The number of rotatable bonds is 5. The molecule has 0 bridgehead atoms. The minimum absolute atomic E-state index is 0.365. The molecule has 0 spiro atoms. The largest absolute Gasteiger partial charge is 0.307 e. The van der Waals surface area contributed by atoms with Gasteiger partial charge < -0.3 is 5.32 Å². The predicted octanol–water partition coefficient (Wildman–Crippen LogP) is 3.73. The summed E-state index contributed by atoms with van der Waals surface area (Å²) < 4.78 is 2.10. The first kappa shape index (κ1) is 14.3. The van der Waals surface area contributed by atoms with Crippen molar-refractivity contribution in [3.63, 3.8) is 0 Å². The number of hydrogen-bond donors (Lipinski definition) is 1. The van der Waals surface area contributed by atoms with Gasteiger partial charge in [0.15, 0.2) is 0 Å². The van der Waals surface area contributed by atoms with Crippen LogP contribution in [0.5, 0.6) is 0 Å². The lowest BCUT2D eigenvalue weighted by atomic mass is 10.1. The lowest BCUT2D eigenvalue weighted by Gasteiger charge is -2.15. The van der Waals surface area contributed by atoms with Crippen LogP contribution in [-0.2, 0) is 6.54 Å². The summed E-state index contributed by atoms with van der Waals surface area (Å²) in [7, 11) is 0. The van der Waals surface area contributed by atoms with Gasteiger partial charge in [0.2, 0.25) is 0 Å². The first-order valence-electron chi connectivity index (χ1n) is 7.96. The first-order valence-corrected chi connectivity index (χ1v) is 7.96. The molecule has 3 nitrogen and oxygen atoms in total. The fraction of sp³-hybridized carbons (Fsp3) is 0.500. The van der Waals surface area contributed by atoms with E-state index >= 15 is 0 Å². The Bertz CT molecular complexity index is 615. The number of hydrogen-bond acceptors (Lipinski definition) is 2. The van der Waals surface area contributed by atoms with Crippen LogP contribution in [0.15, 0.2) is 30.3 Å². The maximum absolute atomic E-state index is 4.63. The molecular formula is C18H25N3. The van der Waals surface area contributed by atoms with Crippen LogP contribution < -0.4 is 5.32 Å². The van der Waals surface area contributed by atoms with Crippen molar-refractivity contribution in [2.45, 2.75) is 58.7 Å². The van der Waals surface area contributed by atoms with Gasteiger partial charge in [0.05, 0.1) is 5.69 Å². The van der Waals surface area contributed by atoms with Gasteiger partial charge in [-0.15, -0.1) is 0 Å². The quantitative estimate of drug-likeness (QED) is 0.906. The average molecular weight is 283 g/mol. The zero-order valence-electron chi connectivity index (χ0n) is 13.4. The molecule has 0 saturated heterocycles. The molecule has 1 aromatic heterocycles. The van der Waals surface area contributed by atoms with Crippen LogP contribution in [0.4, 0.5) is 0 Å². The van der Waals surface area contributed by atoms with Gasteiger partial charge in [0.1, 0.15) is 0 Å². The van der Waals surface area contributed by atoms with E-state index in [1.807, 2.05) is 0 Å². The van der Waals surface area contributed by atoms with Crippen molar-refractivity contribution in [2.75, 3.05) is 0 Å². The molecule has 0 radical (unpaired) electrons. The van der Waals surface area contributed by atoms with Gasteiger partial charge in [-0.2, -0.15) is 5.10 Å². The van der Waals surface area contributed by atoms with E-state index in [0.717, 1.165) is 12.2 Å². The molecule has 3 unspecified atom stereocenters. The summed E-state index contributed by atoms with van der Waals surface area (Å²) in [5, 5.41) is 8.42. The van der Waals surface area contributed by atoms with Crippen molar-refractivity contribution in [3.05, 3.63) is 52.8 Å². The molecule has 112 valence electrons. The summed E-state index contributed by atoms with van der Waals surface area (Å²) in [5.41, 5.74) is 5.29. The predicted molar refractivity (Wildman–Crippen MR) is 86.5 cm³/mol. The Morgan fingerprint density at radius 2 is 2.00 bits per heavy atom. The van der Waals surface area contributed by atoms with Crippen molar-refractivity contribution in [3.8, 4) is 0 Å². The van der Waals surface area contributed by atoms with Gasteiger partial charge in [-0.05, 0) is 39.7 Å². The molecule has 0 amide bonds. The SMILES string of the molecule is CCn1nc(C)c(C(C)NC2CC2c2ccccc2)c1C. The van der Waals surface area contributed by atoms with Crippen LogP contribution in [0.2, 0.25) is 0 Å². The van der Waals surface area contributed by atoms with Crippen LogP contribution in [0, 0.1) is 13.8 Å². The molecule has 2 aromatic rings. The molecule has 1 heterocycles. The molecule has 1 N–H and O–H groups in total. The van der Waals surface area contributed by atoms with Crippen molar-refractivity contribution in [1.82, 2.24) is 15.1 Å². The van der Waals surface area contributed by atoms with E-state index < -0.39 is 0 Å². The number of aromatic nitrogens is 2. The van der Waals surface area contributed by atoms with E-state index in [9.17, 15) is 0 Å². The van der Waals surface area contributed by atoms with Crippen LogP contribution >= 0.6 is 0 Å². The molecular weight excluding hydrogens is 258 g/mol. The standard InChI is InChI=1S/C18H25N3/c1-5-21-14(4)18(13(3)20-21)12(2)19-17-11-16(17)15-9-7-6-8-10-15/h6-10,12,16-17,19H,5,11H2,1-4H3. The van der Waals surface area contributed by atoms with Gasteiger partial charge in [-0.3, -0.25) is 4.68 Å². The highest BCUT2D eigenvalue weighted by Gasteiger charge is 2.39. The second kappa shape index (κ2) is 5.64. The maximum atomic E-state index is 4.63. The molecule has 3 heteroatoms. The molecule has 21 heavy (non-hydrogen) atoms. The highest BCUT2D eigenvalue weighted by atomic mass is 15.3. The summed E-state index contributed by atoms with van der Waals surface area (Å²) >= 11 is 0. The Balaban J connectivity index is 1.68. The Kier molecular flexibility index (Phi) is 3.85. The third kappa shape index (κ3) is 2.75. The fourth-order valence-corrected chi connectivity index (χ4v) is 3.50. The maximum Gasteiger partial charge on any atom is 0.0644 e. The summed E-state index contributed by atoms with van der Waals surface area (Å²) in [4.78, 5) is 0. The average Bonchev–Trinajstić information content (AvgIpc) is 3.18. The molecule has 3 atom stereocenters. The Hall–Kier alpha value is -1.61. The van der Waals surface area contributed by atoms with Gasteiger partial charge in [-0.25, -0.2) is 0 Å². The lowest BCUT2D eigenvalue weighted by Crippen LogP contribution is -2.23. The van der Waals surface area contributed by atoms with Crippen molar-refractivity contribution < 1.29 is 0 Å². The molecule has 1 aliphatic rings. The van der Waals surface area contributed by atoms with Crippen LogP contribution in [0.3, 0.4) is 0 Å². The molecule has 1 aromatic carbocycles. The van der Waals surface area contributed by atoms with E-state index in [1.165, 1.54) is 23.2 Å². The first-order chi connectivity index (χ1) is 10.1. The topological polar surface area (TPSA) is 29.9 Å². The van der Waals surface area contributed by atoms with E-state index in [2.05, 4.69) is 73.1 Å².